The van der Waals surface area contributed by atoms with Crippen molar-refractivity contribution < 1.29 is 18.7 Å². The molecule has 38 heavy (non-hydrogen) atoms. The zero-order valence-corrected chi connectivity index (χ0v) is 22.6. The number of hydrogen-bond acceptors (Lipinski definition) is 8. The van der Waals surface area contributed by atoms with Crippen LogP contribution < -0.4 is 19.7 Å². The lowest BCUT2D eigenvalue weighted by molar-refractivity contribution is 0.0987. The second kappa shape index (κ2) is 12.7. The first-order chi connectivity index (χ1) is 18.4. The van der Waals surface area contributed by atoms with Gasteiger partial charge in [-0.15, -0.1) is 0 Å². The van der Waals surface area contributed by atoms with Gasteiger partial charge in [-0.1, -0.05) is 13.8 Å². The minimum atomic E-state index is -0.441. The quantitative estimate of drug-likeness (QED) is 0.357. The van der Waals surface area contributed by atoms with Crippen LogP contribution in [0.25, 0.3) is 0 Å². The van der Waals surface area contributed by atoms with Gasteiger partial charge < -0.3 is 24.6 Å². The number of Topliss-reactive ketones (excluding diaryl/α,β-unsaturated/α-hetero) is 1. The molecule has 1 fully saturated rings. The highest BCUT2D eigenvalue weighted by molar-refractivity contribution is 5.96. The van der Waals surface area contributed by atoms with Gasteiger partial charge in [0.25, 0.3) is 0 Å². The Kier molecular flexibility index (Phi) is 9.12. The van der Waals surface area contributed by atoms with Crippen LogP contribution in [0.2, 0.25) is 0 Å². The Morgan fingerprint density at radius 3 is 2.32 bits per heavy atom. The minimum absolute atomic E-state index is 0.0490. The molecule has 0 spiro atoms. The van der Waals surface area contributed by atoms with Gasteiger partial charge in [0.15, 0.2) is 17.3 Å². The molecule has 1 N–H and O–H groups in total. The summed E-state index contributed by atoms with van der Waals surface area (Å²) < 4.78 is 25.6. The first-order valence-corrected chi connectivity index (χ1v) is 13.1. The van der Waals surface area contributed by atoms with Gasteiger partial charge in [-0.2, -0.15) is 0 Å². The first-order valence-electron chi connectivity index (χ1n) is 13.1. The number of carbonyl (C=O) groups excluding carboxylic acids is 1. The summed E-state index contributed by atoms with van der Waals surface area (Å²) in [5.74, 6) is 0.858. The number of aromatic nitrogens is 2. The zero-order chi connectivity index (χ0) is 27.1. The number of likely N-dealkylation sites (N-methyl/N-ethyl adjacent to an activating group) is 1. The maximum Gasteiger partial charge on any atom is 0.227 e. The van der Waals surface area contributed by atoms with Gasteiger partial charge in [-0.05, 0) is 54.8 Å². The van der Waals surface area contributed by atoms with Crippen LogP contribution in [0.4, 0.5) is 21.7 Å². The molecule has 1 saturated heterocycles. The van der Waals surface area contributed by atoms with Crippen molar-refractivity contribution in [3.63, 3.8) is 0 Å². The third kappa shape index (κ3) is 6.39. The number of nitrogens with zero attached hydrogens (tertiary/aromatic N) is 4. The fourth-order valence-electron chi connectivity index (χ4n) is 4.63. The highest BCUT2D eigenvalue weighted by Crippen LogP contribution is 2.33. The second-order valence-electron chi connectivity index (χ2n) is 9.28. The van der Waals surface area contributed by atoms with Crippen LogP contribution in [0.15, 0.2) is 42.7 Å². The smallest absolute Gasteiger partial charge is 0.227 e. The normalized spacial score (nSPS) is 13.9. The van der Waals surface area contributed by atoms with Crippen molar-refractivity contribution in [2.75, 3.05) is 57.2 Å². The minimum Gasteiger partial charge on any atom is -0.495 e. The van der Waals surface area contributed by atoms with E-state index in [4.69, 9.17) is 9.47 Å². The fraction of sp³-hybridized carbons (Fsp3) is 0.414. The van der Waals surface area contributed by atoms with E-state index in [2.05, 4.69) is 38.1 Å². The molecule has 0 bridgehead atoms. The number of benzene rings is 2. The van der Waals surface area contributed by atoms with Gasteiger partial charge in [0.2, 0.25) is 5.95 Å². The van der Waals surface area contributed by atoms with E-state index >= 15 is 0 Å². The van der Waals surface area contributed by atoms with E-state index in [0.717, 1.165) is 55.4 Å². The summed E-state index contributed by atoms with van der Waals surface area (Å²) in [5.41, 5.74) is 3.67. The Labute approximate surface area is 223 Å². The maximum absolute atomic E-state index is 14.8. The lowest BCUT2D eigenvalue weighted by Crippen LogP contribution is -2.46. The summed E-state index contributed by atoms with van der Waals surface area (Å²) in [6.45, 7) is 9.08. The van der Waals surface area contributed by atoms with Crippen LogP contribution in [0, 0.1) is 5.82 Å². The number of rotatable bonds is 11. The van der Waals surface area contributed by atoms with Crippen molar-refractivity contribution in [1.82, 2.24) is 14.9 Å². The number of nitrogens with one attached hydrogen (secondary N) is 1. The topological polar surface area (TPSA) is 79.8 Å². The summed E-state index contributed by atoms with van der Waals surface area (Å²) in [6.07, 6.45) is 4.72. The third-order valence-corrected chi connectivity index (χ3v) is 6.96. The highest BCUT2D eigenvalue weighted by atomic mass is 19.1. The highest BCUT2D eigenvalue weighted by Gasteiger charge is 2.19. The van der Waals surface area contributed by atoms with Gasteiger partial charge in [-0.3, -0.25) is 4.79 Å². The largest absolute Gasteiger partial charge is 0.495 e. The number of carbonyl (C=O) groups is 1. The Balaban J connectivity index is 1.40. The standard InChI is InChI=1S/C29H36FN5O3/c1-5-25(36)22-15-21(28(30)27(16-22)38-4)8-7-20-18-31-29(32-19-20)33-23-9-10-24(26(17-23)37-3)35-13-11-34(6-2)12-14-35/h9-10,15-19H,5-8,11-14H2,1-4H3,(H,31,32,33). The molecule has 3 aromatic rings. The number of hydrogen-bond donors (Lipinski definition) is 1. The van der Waals surface area contributed by atoms with Gasteiger partial charge in [0, 0.05) is 62.3 Å². The van der Waals surface area contributed by atoms with Crippen molar-refractivity contribution in [2.24, 2.45) is 0 Å². The Morgan fingerprint density at radius 2 is 1.68 bits per heavy atom. The number of ether oxygens (including phenoxy) is 2. The Morgan fingerprint density at radius 1 is 0.974 bits per heavy atom. The molecule has 0 radical (unpaired) electrons. The summed E-state index contributed by atoms with van der Waals surface area (Å²) in [7, 11) is 3.08. The number of piperazine rings is 1. The van der Waals surface area contributed by atoms with E-state index in [9.17, 15) is 9.18 Å². The third-order valence-electron chi connectivity index (χ3n) is 6.96. The molecule has 2 aromatic carbocycles. The molecule has 0 atom stereocenters. The molecule has 1 aliphatic heterocycles. The SMILES string of the molecule is CCC(=O)c1cc(CCc2cnc(Nc3ccc(N4CCN(CC)CC4)c(OC)c3)nc2)c(F)c(OC)c1. The number of halogens is 1. The molecule has 1 aliphatic rings. The Hall–Kier alpha value is -3.72. The van der Waals surface area contributed by atoms with Crippen molar-refractivity contribution in [3.05, 3.63) is 65.2 Å². The number of anilines is 3. The first kappa shape index (κ1) is 27.3. The molecule has 0 aliphatic carbocycles. The summed E-state index contributed by atoms with van der Waals surface area (Å²) in [4.78, 5) is 25.8. The van der Waals surface area contributed by atoms with E-state index in [1.807, 2.05) is 12.1 Å². The predicted octanol–water partition coefficient (Wildman–Crippen LogP) is 4.90. The van der Waals surface area contributed by atoms with Crippen LogP contribution in [0.5, 0.6) is 11.5 Å². The lowest BCUT2D eigenvalue weighted by Gasteiger charge is -2.36. The van der Waals surface area contributed by atoms with E-state index in [1.165, 1.54) is 13.2 Å². The summed E-state index contributed by atoms with van der Waals surface area (Å²) in [6, 6.07) is 9.10. The predicted molar refractivity (Wildman–Crippen MR) is 148 cm³/mol. The van der Waals surface area contributed by atoms with Crippen molar-refractivity contribution in [3.8, 4) is 11.5 Å². The molecule has 9 heteroatoms. The molecular weight excluding hydrogens is 485 g/mol. The lowest BCUT2D eigenvalue weighted by atomic mass is 10.00. The van der Waals surface area contributed by atoms with Crippen molar-refractivity contribution in [2.45, 2.75) is 33.1 Å². The van der Waals surface area contributed by atoms with Gasteiger partial charge >= 0.3 is 0 Å². The number of methoxy groups -OCH3 is 2. The van der Waals surface area contributed by atoms with Crippen LogP contribution in [0.3, 0.4) is 0 Å². The molecule has 2 heterocycles. The second-order valence-corrected chi connectivity index (χ2v) is 9.28. The van der Waals surface area contributed by atoms with E-state index in [1.54, 1.807) is 32.5 Å². The maximum atomic E-state index is 14.8. The monoisotopic (exact) mass is 521 g/mol. The van der Waals surface area contributed by atoms with Crippen molar-refractivity contribution >= 4 is 23.1 Å². The summed E-state index contributed by atoms with van der Waals surface area (Å²) in [5, 5.41) is 3.23. The molecule has 202 valence electrons. The van der Waals surface area contributed by atoms with Gasteiger partial charge in [-0.25, -0.2) is 14.4 Å². The molecule has 0 amide bonds. The van der Waals surface area contributed by atoms with Crippen molar-refractivity contribution in [1.29, 1.82) is 0 Å². The van der Waals surface area contributed by atoms with Crippen LogP contribution >= 0.6 is 0 Å². The molecule has 0 unspecified atom stereocenters. The van der Waals surface area contributed by atoms with Gasteiger partial charge in [0.1, 0.15) is 5.75 Å². The molecule has 0 saturated carbocycles. The van der Waals surface area contributed by atoms with E-state index in [-0.39, 0.29) is 11.5 Å². The average molecular weight is 522 g/mol. The van der Waals surface area contributed by atoms with Crippen LogP contribution in [-0.4, -0.2) is 67.6 Å². The molecule has 8 nitrogen and oxygen atoms in total. The van der Waals surface area contributed by atoms with Gasteiger partial charge in [0.05, 0.1) is 19.9 Å². The van der Waals surface area contributed by atoms with E-state index in [0.29, 0.717) is 36.3 Å². The molecule has 4 rings (SSSR count). The summed E-state index contributed by atoms with van der Waals surface area (Å²) >= 11 is 0. The molecular formula is C29H36FN5O3. The molecule has 1 aromatic heterocycles. The Bertz CT molecular complexity index is 1240. The fourth-order valence-corrected chi connectivity index (χ4v) is 4.63. The average Bonchev–Trinajstić information content (AvgIpc) is 2.97. The number of ketones is 1. The zero-order valence-electron chi connectivity index (χ0n) is 22.6. The van der Waals surface area contributed by atoms with Crippen LogP contribution in [0.1, 0.15) is 41.8 Å². The van der Waals surface area contributed by atoms with E-state index < -0.39 is 5.82 Å². The van der Waals surface area contributed by atoms with Crippen LogP contribution in [-0.2, 0) is 12.8 Å². The number of aryl methyl sites for hydroxylation is 2.